The number of nitrogens with one attached hydrogen (secondary N) is 1. The van der Waals surface area contributed by atoms with Gasteiger partial charge in [-0.1, -0.05) is 121 Å². The highest BCUT2D eigenvalue weighted by molar-refractivity contribution is 7.46. The van der Waals surface area contributed by atoms with E-state index in [1.807, 2.05) is 109 Å². The molecule has 0 radical (unpaired) electrons. The first kappa shape index (κ1) is 29.4. The number of aryl methyl sites for hydroxylation is 1. The maximum atomic E-state index is 13.4. The monoisotopic (exact) mass is 557 g/mol. The average Bonchev–Trinajstić information content (AvgIpc) is 2.95. The van der Waals surface area contributed by atoms with Crippen molar-refractivity contribution in [2.24, 2.45) is 0 Å². The zero-order valence-electron chi connectivity index (χ0n) is 22.4. The highest BCUT2D eigenvalue weighted by Crippen LogP contribution is 2.49. The largest absolute Gasteiger partial charge is 0.470 e. The summed E-state index contributed by atoms with van der Waals surface area (Å²) in [7, 11) is -4.99. The molecule has 6 nitrogen and oxygen atoms in total. The molecular weight excluding hydrogens is 521 g/mol. The second-order valence-electron chi connectivity index (χ2n) is 10.1. The molecule has 7 heteroatoms. The molecule has 0 fully saturated rings. The smallest absolute Gasteiger partial charge is 0.346 e. The number of phosphoric ester groups is 1. The normalized spacial score (nSPS) is 12.6. The van der Waals surface area contributed by atoms with Crippen LogP contribution in [-0.4, -0.2) is 21.3 Å². The van der Waals surface area contributed by atoms with Crippen LogP contribution in [0, 0.1) is 0 Å². The molecule has 3 N–H and O–H groups in total. The van der Waals surface area contributed by atoms with Crippen molar-refractivity contribution in [3.8, 4) is 0 Å². The lowest BCUT2D eigenvalue weighted by molar-refractivity contribution is -0.124. The van der Waals surface area contributed by atoms with Gasteiger partial charge in [-0.25, -0.2) is 4.57 Å². The Labute approximate surface area is 236 Å². The molecule has 0 saturated heterocycles. The van der Waals surface area contributed by atoms with Crippen LogP contribution in [0.4, 0.5) is 0 Å². The van der Waals surface area contributed by atoms with E-state index >= 15 is 0 Å². The maximum absolute atomic E-state index is 13.4. The molecule has 0 bridgehead atoms. The summed E-state index contributed by atoms with van der Waals surface area (Å²) in [6.07, 6.45) is 3.04. The topological polar surface area (TPSA) is 95.9 Å². The molecule has 4 aromatic carbocycles. The van der Waals surface area contributed by atoms with Gasteiger partial charge < -0.3 is 15.1 Å². The molecular formula is C33H36NO5P. The summed E-state index contributed by atoms with van der Waals surface area (Å²) >= 11 is 0. The Bertz CT molecular complexity index is 1320. The highest BCUT2D eigenvalue weighted by Gasteiger charge is 2.46. The van der Waals surface area contributed by atoms with E-state index in [0.29, 0.717) is 18.4 Å². The summed E-state index contributed by atoms with van der Waals surface area (Å²) in [5.41, 5.74) is 2.13. The SMILES string of the molecule is O=C(CCCCc1ccccc1)N[C@H](c1ccccc1)C(Cc1ccccc1)(Cc1ccccc1)OP(=O)(O)O. The summed E-state index contributed by atoms with van der Waals surface area (Å²) < 4.78 is 18.3. The van der Waals surface area contributed by atoms with Crippen molar-refractivity contribution in [3.63, 3.8) is 0 Å². The quantitative estimate of drug-likeness (QED) is 0.120. The van der Waals surface area contributed by atoms with E-state index in [9.17, 15) is 19.1 Å². The van der Waals surface area contributed by atoms with Crippen molar-refractivity contribution >= 4 is 13.7 Å². The van der Waals surface area contributed by atoms with Gasteiger partial charge in [0.15, 0.2) is 0 Å². The Morgan fingerprint density at radius 2 is 1.15 bits per heavy atom. The van der Waals surface area contributed by atoms with Crippen molar-refractivity contribution in [1.29, 1.82) is 0 Å². The van der Waals surface area contributed by atoms with E-state index in [-0.39, 0.29) is 18.7 Å². The van der Waals surface area contributed by atoms with Gasteiger partial charge in [0.25, 0.3) is 0 Å². The predicted molar refractivity (Wildman–Crippen MR) is 157 cm³/mol. The summed E-state index contributed by atoms with van der Waals surface area (Å²) in [6, 6.07) is 37.5. The minimum Gasteiger partial charge on any atom is -0.346 e. The van der Waals surface area contributed by atoms with Crippen LogP contribution >= 0.6 is 7.82 Å². The third-order valence-corrected chi connectivity index (χ3v) is 7.52. The number of hydrogen-bond donors (Lipinski definition) is 3. The highest BCUT2D eigenvalue weighted by atomic mass is 31.2. The van der Waals surface area contributed by atoms with Gasteiger partial charge in [-0.2, -0.15) is 0 Å². The summed E-state index contributed by atoms with van der Waals surface area (Å²) in [5.74, 6) is -0.193. The summed E-state index contributed by atoms with van der Waals surface area (Å²) in [4.78, 5) is 33.8. The van der Waals surface area contributed by atoms with Crippen molar-refractivity contribution < 1.29 is 23.7 Å². The van der Waals surface area contributed by atoms with Crippen LogP contribution in [-0.2, 0) is 33.1 Å². The molecule has 4 rings (SSSR count). The number of carbonyl (C=O) groups is 1. The second kappa shape index (κ2) is 14.2. The molecule has 1 atom stereocenters. The number of carbonyl (C=O) groups excluding carboxylic acids is 1. The van der Waals surface area contributed by atoms with Crippen LogP contribution in [0.5, 0.6) is 0 Å². The molecule has 1 amide bonds. The van der Waals surface area contributed by atoms with Crippen LogP contribution in [0.15, 0.2) is 121 Å². The van der Waals surface area contributed by atoms with E-state index < -0.39 is 19.5 Å². The van der Waals surface area contributed by atoms with E-state index in [2.05, 4.69) is 17.4 Å². The standard InChI is InChI=1S/C33H36NO5P/c35-31(24-14-13-17-27-15-5-1-6-16-27)34-32(30-22-11-4-12-23-30)33(39-40(36,37)38,25-28-18-7-2-8-19-28)26-29-20-9-3-10-21-29/h1-12,15-16,18-23,32H,13-14,17,24-26H2,(H,34,35)(H2,36,37,38)/t32-/m1/s1. The van der Waals surface area contributed by atoms with E-state index in [1.165, 1.54) is 5.56 Å². The third kappa shape index (κ3) is 9.00. The lowest BCUT2D eigenvalue weighted by Gasteiger charge is -2.41. The van der Waals surface area contributed by atoms with Crippen LogP contribution in [0.2, 0.25) is 0 Å². The first-order valence-electron chi connectivity index (χ1n) is 13.6. The zero-order chi connectivity index (χ0) is 28.3. The number of amides is 1. The molecule has 0 aliphatic rings. The van der Waals surface area contributed by atoms with E-state index in [1.54, 1.807) is 0 Å². The molecule has 0 saturated carbocycles. The zero-order valence-corrected chi connectivity index (χ0v) is 23.3. The van der Waals surface area contributed by atoms with Gasteiger partial charge in [0.1, 0.15) is 5.60 Å². The van der Waals surface area contributed by atoms with E-state index in [4.69, 9.17) is 4.52 Å². The van der Waals surface area contributed by atoms with Gasteiger partial charge in [-0.05, 0) is 41.5 Å². The van der Waals surface area contributed by atoms with Gasteiger partial charge in [0.05, 0.1) is 6.04 Å². The maximum Gasteiger partial charge on any atom is 0.470 e. The molecule has 40 heavy (non-hydrogen) atoms. The van der Waals surface area contributed by atoms with E-state index in [0.717, 1.165) is 24.0 Å². The first-order valence-corrected chi connectivity index (χ1v) is 15.1. The average molecular weight is 558 g/mol. The first-order chi connectivity index (χ1) is 19.3. The fourth-order valence-corrected chi connectivity index (χ4v) is 5.87. The Kier molecular flexibility index (Phi) is 10.5. The minimum absolute atomic E-state index is 0.168. The minimum atomic E-state index is -4.99. The molecule has 4 aromatic rings. The Hall–Kier alpha value is -3.54. The van der Waals surface area contributed by atoms with Crippen LogP contribution < -0.4 is 5.32 Å². The molecule has 0 aliphatic carbocycles. The molecule has 0 aliphatic heterocycles. The second-order valence-corrected chi connectivity index (χ2v) is 11.2. The number of phosphoric acid groups is 1. The molecule has 208 valence electrons. The van der Waals surface area contributed by atoms with Crippen molar-refractivity contribution in [1.82, 2.24) is 5.32 Å². The lowest BCUT2D eigenvalue weighted by atomic mass is 9.78. The molecule has 0 unspecified atom stereocenters. The van der Waals surface area contributed by atoms with Gasteiger partial charge in [0, 0.05) is 19.3 Å². The Morgan fingerprint density at radius 1 is 0.700 bits per heavy atom. The number of rotatable bonds is 14. The van der Waals surface area contributed by atoms with Gasteiger partial charge in [-0.15, -0.1) is 0 Å². The molecule has 0 heterocycles. The lowest BCUT2D eigenvalue weighted by Crippen LogP contribution is -2.50. The molecule has 0 spiro atoms. The van der Waals surface area contributed by atoms with Crippen molar-refractivity contribution in [2.45, 2.75) is 50.2 Å². The van der Waals surface area contributed by atoms with Crippen molar-refractivity contribution in [3.05, 3.63) is 144 Å². The van der Waals surface area contributed by atoms with Gasteiger partial charge in [-0.3, -0.25) is 9.32 Å². The van der Waals surface area contributed by atoms with Gasteiger partial charge in [0.2, 0.25) is 5.91 Å². The fraction of sp³-hybridized carbons (Fsp3) is 0.242. The Balaban J connectivity index is 1.67. The number of hydrogen-bond acceptors (Lipinski definition) is 3. The summed E-state index contributed by atoms with van der Waals surface area (Å²) in [6.45, 7) is 0. The number of unbranched alkanes of at least 4 members (excludes halogenated alkanes) is 1. The van der Waals surface area contributed by atoms with Crippen LogP contribution in [0.3, 0.4) is 0 Å². The van der Waals surface area contributed by atoms with Crippen molar-refractivity contribution in [2.75, 3.05) is 0 Å². The fourth-order valence-electron chi connectivity index (χ4n) is 5.16. The Morgan fingerprint density at radius 3 is 1.62 bits per heavy atom. The summed E-state index contributed by atoms with van der Waals surface area (Å²) in [5, 5.41) is 3.13. The number of benzene rings is 4. The predicted octanol–water partition coefficient (Wildman–Crippen LogP) is 6.59. The third-order valence-electron chi connectivity index (χ3n) is 6.92. The van der Waals surface area contributed by atoms with Crippen LogP contribution in [0.25, 0.3) is 0 Å². The molecule has 0 aromatic heterocycles. The van der Waals surface area contributed by atoms with Gasteiger partial charge >= 0.3 is 7.82 Å². The van der Waals surface area contributed by atoms with Crippen LogP contribution in [0.1, 0.15) is 47.6 Å².